The van der Waals surface area contributed by atoms with Crippen molar-refractivity contribution in [1.29, 1.82) is 0 Å². The summed E-state index contributed by atoms with van der Waals surface area (Å²) >= 11 is 0. The first-order valence-corrected chi connectivity index (χ1v) is 15.2. The van der Waals surface area contributed by atoms with Crippen LogP contribution in [0.15, 0.2) is 46.9 Å². The van der Waals surface area contributed by atoms with Crippen LogP contribution in [0.2, 0.25) is 0 Å². The van der Waals surface area contributed by atoms with Gasteiger partial charge < -0.3 is 9.47 Å². The molecule has 1 amide bonds. The average molecular weight is 667 g/mol. The quantitative estimate of drug-likeness (QED) is 0.229. The number of likely N-dealkylation sites (tertiary alicyclic amines) is 1. The van der Waals surface area contributed by atoms with E-state index in [1.165, 1.54) is 36.1 Å². The van der Waals surface area contributed by atoms with Crippen molar-refractivity contribution in [2.75, 3.05) is 6.54 Å². The number of benzene rings is 2. The molecular weight excluding hydrogens is 629 g/mol. The number of alkyl halides is 6. The number of rotatable bonds is 6. The van der Waals surface area contributed by atoms with Gasteiger partial charge in [0.15, 0.2) is 0 Å². The van der Waals surface area contributed by atoms with Gasteiger partial charge in [0.05, 0.1) is 40.7 Å². The van der Waals surface area contributed by atoms with Crippen molar-refractivity contribution in [2.24, 2.45) is 4.40 Å². The van der Waals surface area contributed by atoms with Gasteiger partial charge in [-0.05, 0) is 96.8 Å². The molecule has 2 aromatic rings. The molecule has 250 valence electrons. The van der Waals surface area contributed by atoms with Gasteiger partial charge in [-0.2, -0.15) is 30.7 Å². The molecule has 0 aromatic heterocycles. The number of hydrogen-bond donors (Lipinski definition) is 0. The van der Waals surface area contributed by atoms with Crippen LogP contribution in [0.3, 0.4) is 0 Å². The molecule has 3 rings (SSSR count). The van der Waals surface area contributed by atoms with Gasteiger partial charge in [-0.25, -0.2) is 13.4 Å². The first-order chi connectivity index (χ1) is 20.4. The number of carbonyl (C=O) groups is 1. The number of hydrogen-bond acceptors (Lipinski definition) is 4. The summed E-state index contributed by atoms with van der Waals surface area (Å²) < 4.78 is 124. The van der Waals surface area contributed by atoms with Gasteiger partial charge in [-0.3, -0.25) is 4.90 Å². The molecule has 0 N–H and O–H groups in total. The Kier molecular flexibility index (Phi) is 10.5. The van der Waals surface area contributed by atoms with E-state index in [1.54, 1.807) is 48.5 Å². The molecule has 1 fully saturated rings. The van der Waals surface area contributed by atoms with E-state index in [-0.39, 0.29) is 23.9 Å². The number of amides is 1. The number of nitrogens with zero attached hydrogens (tertiary/aromatic N) is 2. The Balaban J connectivity index is 2.17. The molecule has 14 heteroatoms. The molecule has 5 atom stereocenters. The maximum Gasteiger partial charge on any atom is 0.416 e. The van der Waals surface area contributed by atoms with Crippen molar-refractivity contribution in [2.45, 2.75) is 102 Å². The van der Waals surface area contributed by atoms with Crippen LogP contribution in [0.25, 0.3) is 0 Å². The van der Waals surface area contributed by atoms with Crippen molar-refractivity contribution in [3.8, 4) is 0 Å². The lowest BCUT2D eigenvalue weighted by atomic mass is 9.87. The summed E-state index contributed by atoms with van der Waals surface area (Å²) in [6.07, 6.45) is -13.3. The maximum atomic E-state index is 14.0. The fourth-order valence-corrected chi connectivity index (χ4v) is 5.54. The second-order valence-electron chi connectivity index (χ2n) is 12.9. The van der Waals surface area contributed by atoms with Crippen LogP contribution in [0, 0.1) is 5.82 Å². The monoisotopic (exact) mass is 666 g/mol. The Morgan fingerprint density at radius 1 is 0.933 bits per heavy atom. The smallest absolute Gasteiger partial charge is 0.416 e. The zero-order valence-electron chi connectivity index (χ0n) is 26.1. The Bertz CT molecular complexity index is 1400. The van der Waals surface area contributed by atoms with E-state index >= 15 is 0 Å². The summed E-state index contributed by atoms with van der Waals surface area (Å²) in [7, 11) is -1.76. The third kappa shape index (κ3) is 9.27. The third-order valence-electron chi connectivity index (χ3n) is 6.97. The standard InChI is InChI=1S/C31H37F7N2O4S/c1-17(39-45(42)29(6,7)8)26-25(19-9-11-23(32)12-10-19)24(16-40(26)27(41)44-28(3,4)5)43-18(2)20-13-21(30(33,34)35)15-22(14-20)31(36,37)38/h9-15,18,24-26H,16H2,1-8H3/b39-17+/t18-,24+,25-,26+,45?/m1/s1. The Hall–Kier alpha value is -3.00. The zero-order valence-corrected chi connectivity index (χ0v) is 27.0. The number of halogens is 7. The van der Waals surface area contributed by atoms with Crippen molar-refractivity contribution >= 4 is 22.8 Å². The van der Waals surface area contributed by atoms with E-state index < -0.39 is 80.9 Å². The highest BCUT2D eigenvalue weighted by atomic mass is 32.2. The van der Waals surface area contributed by atoms with Crippen LogP contribution in [0.5, 0.6) is 0 Å². The van der Waals surface area contributed by atoms with Gasteiger partial charge in [0.2, 0.25) is 0 Å². The highest BCUT2D eigenvalue weighted by molar-refractivity contribution is 7.85. The number of ether oxygens (including phenoxy) is 2. The van der Waals surface area contributed by atoms with Gasteiger partial charge in [-0.1, -0.05) is 12.1 Å². The molecule has 0 spiro atoms. The van der Waals surface area contributed by atoms with Crippen LogP contribution in [0.4, 0.5) is 35.5 Å². The minimum absolute atomic E-state index is 0.0303. The molecule has 45 heavy (non-hydrogen) atoms. The summed E-state index contributed by atoms with van der Waals surface area (Å²) in [5.41, 5.74) is -3.64. The first kappa shape index (κ1) is 36.5. The third-order valence-corrected chi connectivity index (χ3v) is 8.47. The van der Waals surface area contributed by atoms with E-state index in [4.69, 9.17) is 9.47 Å². The Labute approximate surface area is 260 Å². The lowest BCUT2D eigenvalue weighted by Gasteiger charge is -2.31. The minimum Gasteiger partial charge on any atom is -0.444 e. The summed E-state index contributed by atoms with van der Waals surface area (Å²) in [5.74, 6) is -1.42. The average Bonchev–Trinajstić information content (AvgIpc) is 3.25. The topological polar surface area (TPSA) is 68.2 Å². The van der Waals surface area contributed by atoms with Crippen molar-refractivity contribution in [1.82, 2.24) is 4.90 Å². The summed E-state index contributed by atoms with van der Waals surface area (Å²) in [4.78, 5) is 14.8. The number of carbonyl (C=O) groups excluding carboxylic acids is 1. The molecule has 1 saturated heterocycles. The van der Waals surface area contributed by atoms with Gasteiger partial charge in [-0.15, -0.1) is 0 Å². The van der Waals surface area contributed by atoms with Crippen molar-refractivity contribution < 1.29 is 49.2 Å². The molecule has 6 nitrogen and oxygen atoms in total. The Morgan fingerprint density at radius 3 is 1.89 bits per heavy atom. The molecule has 0 aliphatic carbocycles. The highest BCUT2D eigenvalue weighted by Crippen LogP contribution is 2.42. The largest absolute Gasteiger partial charge is 0.444 e. The summed E-state index contributed by atoms with van der Waals surface area (Å²) in [6, 6.07) is 5.45. The fraction of sp³-hybridized carbons (Fsp3) is 0.548. The van der Waals surface area contributed by atoms with Gasteiger partial charge in [0.25, 0.3) is 0 Å². The minimum atomic E-state index is -5.06. The molecular formula is C31H37F7N2O4S. The molecule has 1 aliphatic rings. The van der Waals surface area contributed by atoms with Gasteiger partial charge >= 0.3 is 18.4 Å². The molecule has 0 bridgehead atoms. The fourth-order valence-electron chi connectivity index (χ4n) is 4.90. The summed E-state index contributed by atoms with van der Waals surface area (Å²) in [5, 5.41) is 0. The summed E-state index contributed by atoms with van der Waals surface area (Å²) in [6.45, 7) is 12.7. The van der Waals surface area contributed by atoms with E-state index in [0.29, 0.717) is 17.7 Å². The van der Waals surface area contributed by atoms with Crippen LogP contribution in [0.1, 0.15) is 89.7 Å². The van der Waals surface area contributed by atoms with E-state index in [2.05, 4.69) is 4.40 Å². The SMILES string of the molecule is C/C(=N\S(=O)C(C)(C)C)[C@H]1[C@H](c2ccc(F)cc2)[C@@H](O[C@H](C)c2cc(C(F)(F)F)cc(C(F)(F)F)c2)CN1C(=O)OC(C)(C)C. The van der Waals surface area contributed by atoms with Crippen molar-refractivity contribution in [3.05, 3.63) is 70.5 Å². The predicted octanol–water partition coefficient (Wildman–Crippen LogP) is 8.64. The Morgan fingerprint density at radius 2 is 1.44 bits per heavy atom. The van der Waals surface area contributed by atoms with Crippen LogP contribution in [-0.4, -0.2) is 50.0 Å². The van der Waals surface area contributed by atoms with Gasteiger partial charge in [0, 0.05) is 11.6 Å². The van der Waals surface area contributed by atoms with E-state index in [0.717, 1.165) is 0 Å². The second-order valence-corrected chi connectivity index (χ2v) is 14.8. The molecule has 1 aliphatic heterocycles. The molecule has 2 aromatic carbocycles. The van der Waals surface area contributed by atoms with Crippen LogP contribution >= 0.6 is 0 Å². The lowest BCUT2D eigenvalue weighted by Crippen LogP contribution is -2.44. The molecule has 1 heterocycles. The normalized spacial score (nSPS) is 21.5. The molecule has 1 unspecified atom stereocenters. The molecule has 0 saturated carbocycles. The van der Waals surface area contributed by atoms with Crippen LogP contribution < -0.4 is 0 Å². The predicted molar refractivity (Wildman–Crippen MR) is 157 cm³/mol. The highest BCUT2D eigenvalue weighted by Gasteiger charge is 2.49. The van der Waals surface area contributed by atoms with Gasteiger partial charge in [0.1, 0.15) is 22.4 Å². The zero-order chi connectivity index (χ0) is 34.3. The van der Waals surface area contributed by atoms with Crippen LogP contribution in [-0.2, 0) is 32.8 Å². The lowest BCUT2D eigenvalue weighted by molar-refractivity contribution is -0.143. The van der Waals surface area contributed by atoms with E-state index in [1.807, 2.05) is 0 Å². The second kappa shape index (κ2) is 13.0. The maximum absolute atomic E-state index is 14.0. The van der Waals surface area contributed by atoms with Crippen molar-refractivity contribution in [3.63, 3.8) is 0 Å². The van der Waals surface area contributed by atoms with E-state index in [9.17, 15) is 39.7 Å². The molecule has 0 radical (unpaired) electrons. The first-order valence-electron chi connectivity index (χ1n) is 14.1.